The van der Waals surface area contributed by atoms with Gasteiger partial charge in [0.05, 0.1) is 16.1 Å². The Morgan fingerprint density at radius 3 is 2.76 bits per heavy atom. The van der Waals surface area contributed by atoms with E-state index in [2.05, 4.69) is 5.32 Å². The van der Waals surface area contributed by atoms with Gasteiger partial charge in [0.1, 0.15) is 5.60 Å². The van der Waals surface area contributed by atoms with Gasteiger partial charge in [-0.3, -0.25) is 4.79 Å². The van der Waals surface area contributed by atoms with Crippen LogP contribution >= 0.6 is 35.0 Å². The number of carbonyl (C=O) groups excluding carboxylic acids is 1. The Morgan fingerprint density at radius 2 is 2.05 bits per heavy atom. The lowest BCUT2D eigenvalue weighted by Crippen LogP contribution is -2.49. The van der Waals surface area contributed by atoms with Gasteiger partial charge in [-0.2, -0.15) is 11.8 Å². The summed E-state index contributed by atoms with van der Waals surface area (Å²) in [6.45, 7) is 0. The van der Waals surface area contributed by atoms with Crippen molar-refractivity contribution in [1.82, 2.24) is 5.32 Å². The van der Waals surface area contributed by atoms with Crippen LogP contribution in [0.2, 0.25) is 10.0 Å². The predicted molar refractivity (Wildman–Crippen MR) is 87.2 cm³/mol. The maximum absolute atomic E-state index is 12.4. The molecule has 1 heterocycles. The van der Waals surface area contributed by atoms with Crippen molar-refractivity contribution in [2.75, 3.05) is 11.5 Å². The topological polar surface area (TPSA) is 49.3 Å². The zero-order valence-corrected chi connectivity index (χ0v) is 13.8. The van der Waals surface area contributed by atoms with E-state index < -0.39 is 5.60 Å². The fourth-order valence-corrected chi connectivity index (χ4v) is 4.62. The van der Waals surface area contributed by atoms with Crippen LogP contribution < -0.4 is 5.32 Å². The number of hydrogen-bond acceptors (Lipinski definition) is 3. The number of nitrogens with one attached hydrogen (secondary N) is 1. The quantitative estimate of drug-likeness (QED) is 0.863. The molecular formula is C15H17Cl2NO2S. The first-order valence-corrected chi connectivity index (χ1v) is 9.00. The van der Waals surface area contributed by atoms with Crippen molar-refractivity contribution in [2.45, 2.75) is 37.3 Å². The lowest BCUT2D eigenvalue weighted by molar-refractivity contribution is -0.141. The number of benzene rings is 1. The number of thioether (sulfide) groups is 1. The molecule has 1 aliphatic heterocycles. The summed E-state index contributed by atoms with van der Waals surface area (Å²) in [5, 5.41) is 14.6. The Kier molecular flexibility index (Phi) is 4.42. The van der Waals surface area contributed by atoms with E-state index in [1.165, 1.54) is 0 Å². The van der Waals surface area contributed by atoms with Crippen molar-refractivity contribution in [3.63, 3.8) is 0 Å². The van der Waals surface area contributed by atoms with Crippen LogP contribution in [0.3, 0.4) is 0 Å². The minimum atomic E-state index is -1.22. The summed E-state index contributed by atoms with van der Waals surface area (Å²) in [4.78, 5) is 12.4. The molecule has 1 aromatic carbocycles. The van der Waals surface area contributed by atoms with E-state index in [4.69, 9.17) is 23.2 Å². The number of amides is 1. The summed E-state index contributed by atoms with van der Waals surface area (Å²) in [7, 11) is 0. The van der Waals surface area contributed by atoms with Crippen LogP contribution in [0.4, 0.5) is 0 Å². The first-order chi connectivity index (χ1) is 10.0. The molecule has 0 saturated carbocycles. The zero-order chi connectivity index (χ0) is 15.0. The van der Waals surface area contributed by atoms with E-state index in [0.717, 1.165) is 35.5 Å². The van der Waals surface area contributed by atoms with Crippen LogP contribution in [0.25, 0.3) is 0 Å². The lowest BCUT2D eigenvalue weighted by atomic mass is 9.95. The molecule has 3 rings (SSSR count). The predicted octanol–water partition coefficient (Wildman–Crippen LogP) is 3.36. The van der Waals surface area contributed by atoms with E-state index in [9.17, 15) is 9.90 Å². The van der Waals surface area contributed by atoms with E-state index >= 15 is 0 Å². The maximum Gasteiger partial charge on any atom is 0.252 e. The molecule has 114 valence electrons. The highest BCUT2D eigenvalue weighted by Crippen LogP contribution is 2.39. The second kappa shape index (κ2) is 5.99. The molecule has 0 bridgehead atoms. The number of carbonyl (C=O) groups is 1. The monoisotopic (exact) mass is 345 g/mol. The van der Waals surface area contributed by atoms with Crippen molar-refractivity contribution in [3.05, 3.63) is 33.3 Å². The third-order valence-corrected chi connectivity index (χ3v) is 6.17. The molecule has 1 saturated heterocycles. The molecule has 1 aliphatic carbocycles. The number of halogens is 2. The minimum Gasteiger partial charge on any atom is -0.380 e. The molecular weight excluding hydrogens is 329 g/mol. The number of aliphatic hydroxyl groups is 1. The maximum atomic E-state index is 12.4. The van der Waals surface area contributed by atoms with Gasteiger partial charge in [-0.25, -0.2) is 0 Å². The zero-order valence-electron chi connectivity index (χ0n) is 11.5. The molecule has 0 radical (unpaired) electrons. The molecule has 3 nitrogen and oxygen atoms in total. The first kappa shape index (κ1) is 15.5. The van der Waals surface area contributed by atoms with Crippen LogP contribution in [0, 0.1) is 0 Å². The Bertz CT molecular complexity index is 573. The average molecular weight is 346 g/mol. The molecule has 21 heavy (non-hydrogen) atoms. The third kappa shape index (κ3) is 2.91. The van der Waals surface area contributed by atoms with Gasteiger partial charge in [-0.15, -0.1) is 0 Å². The highest BCUT2D eigenvalue weighted by atomic mass is 35.5. The number of rotatable bonds is 2. The van der Waals surface area contributed by atoms with Gasteiger partial charge in [-0.05, 0) is 54.4 Å². The minimum absolute atomic E-state index is 0.0825. The summed E-state index contributed by atoms with van der Waals surface area (Å²) in [5.74, 6) is 1.39. The van der Waals surface area contributed by atoms with Gasteiger partial charge < -0.3 is 10.4 Å². The van der Waals surface area contributed by atoms with Gasteiger partial charge in [0.2, 0.25) is 0 Å². The number of hydrogen-bond donors (Lipinski definition) is 2. The molecule has 1 fully saturated rings. The smallest absolute Gasteiger partial charge is 0.252 e. The Morgan fingerprint density at radius 1 is 1.33 bits per heavy atom. The van der Waals surface area contributed by atoms with Crippen molar-refractivity contribution in [2.24, 2.45) is 0 Å². The SMILES string of the molecule is O=C(N[C@H]1CCc2c1ccc(Cl)c2Cl)C1(O)CCSCC1. The van der Waals surface area contributed by atoms with E-state index in [1.54, 1.807) is 17.8 Å². The molecule has 6 heteroatoms. The molecule has 0 spiro atoms. The highest BCUT2D eigenvalue weighted by molar-refractivity contribution is 7.99. The van der Waals surface area contributed by atoms with Crippen molar-refractivity contribution < 1.29 is 9.90 Å². The van der Waals surface area contributed by atoms with Crippen LogP contribution in [0.1, 0.15) is 36.4 Å². The fourth-order valence-electron chi connectivity index (χ4n) is 3.01. The Hall–Kier alpha value is -0.420. The largest absolute Gasteiger partial charge is 0.380 e. The molecule has 1 atom stereocenters. The molecule has 0 unspecified atom stereocenters. The van der Waals surface area contributed by atoms with Crippen LogP contribution in [0.15, 0.2) is 12.1 Å². The van der Waals surface area contributed by atoms with E-state index in [0.29, 0.717) is 22.9 Å². The summed E-state index contributed by atoms with van der Waals surface area (Å²) in [6.07, 6.45) is 2.63. The van der Waals surface area contributed by atoms with Crippen LogP contribution in [-0.2, 0) is 11.2 Å². The fraction of sp³-hybridized carbons (Fsp3) is 0.533. The number of fused-ring (bicyclic) bond motifs is 1. The van der Waals surface area contributed by atoms with Crippen molar-refractivity contribution in [1.29, 1.82) is 0 Å². The third-order valence-electron chi connectivity index (χ3n) is 4.34. The van der Waals surface area contributed by atoms with Gasteiger partial charge in [0.15, 0.2) is 0 Å². The summed E-state index contributed by atoms with van der Waals surface area (Å²) in [5.41, 5.74) is 0.816. The Labute approximate surface area is 138 Å². The standard InChI is InChI=1S/C15H17Cl2NO2S/c16-11-3-1-9-10(13(11)17)2-4-12(9)18-14(19)15(20)5-7-21-8-6-15/h1,3,12,20H,2,4-8H2,(H,18,19)/t12-/m0/s1. The molecule has 1 aromatic rings. The van der Waals surface area contributed by atoms with E-state index in [1.807, 2.05) is 6.07 Å². The summed E-state index contributed by atoms with van der Waals surface area (Å²) in [6, 6.07) is 3.60. The second-order valence-corrected chi connectivity index (χ2v) is 7.65. The summed E-state index contributed by atoms with van der Waals surface area (Å²) < 4.78 is 0. The van der Waals surface area contributed by atoms with E-state index in [-0.39, 0.29) is 11.9 Å². The second-order valence-electron chi connectivity index (χ2n) is 5.64. The average Bonchev–Trinajstić information content (AvgIpc) is 2.87. The van der Waals surface area contributed by atoms with Crippen molar-refractivity contribution >= 4 is 40.9 Å². The lowest BCUT2D eigenvalue weighted by Gasteiger charge is -2.31. The van der Waals surface area contributed by atoms with Crippen molar-refractivity contribution in [3.8, 4) is 0 Å². The van der Waals surface area contributed by atoms with Gasteiger partial charge in [0.25, 0.3) is 5.91 Å². The van der Waals surface area contributed by atoms with Crippen LogP contribution in [0.5, 0.6) is 0 Å². The molecule has 0 aromatic heterocycles. The van der Waals surface area contributed by atoms with Gasteiger partial charge in [0, 0.05) is 0 Å². The molecule has 2 N–H and O–H groups in total. The van der Waals surface area contributed by atoms with Crippen LogP contribution in [-0.4, -0.2) is 28.1 Å². The highest BCUT2D eigenvalue weighted by Gasteiger charge is 2.39. The molecule has 1 amide bonds. The van der Waals surface area contributed by atoms with Gasteiger partial charge in [-0.1, -0.05) is 29.3 Å². The molecule has 2 aliphatic rings. The Balaban J connectivity index is 1.76. The first-order valence-electron chi connectivity index (χ1n) is 7.09. The van der Waals surface area contributed by atoms with Gasteiger partial charge >= 0.3 is 0 Å². The summed E-state index contributed by atoms with van der Waals surface area (Å²) >= 11 is 14.0. The normalized spacial score (nSPS) is 23.7.